The van der Waals surface area contributed by atoms with E-state index in [2.05, 4.69) is 6.92 Å². The molecule has 0 aliphatic rings. The molecule has 0 heterocycles. The summed E-state index contributed by atoms with van der Waals surface area (Å²) >= 11 is 0. The van der Waals surface area contributed by atoms with E-state index in [0.717, 1.165) is 12.8 Å². The van der Waals surface area contributed by atoms with Gasteiger partial charge in [-0.1, -0.05) is 64.7 Å². The van der Waals surface area contributed by atoms with E-state index in [-0.39, 0.29) is 0 Å². The molecular formula is C21H34O5. The van der Waals surface area contributed by atoms with Gasteiger partial charge < -0.3 is 9.47 Å². The lowest BCUT2D eigenvalue weighted by molar-refractivity contribution is -0.241. The summed E-state index contributed by atoms with van der Waals surface area (Å²) in [5.41, 5.74) is 0.366. The fraction of sp³-hybridized carbons (Fsp3) is 0.667. The molecule has 0 N–H and O–H groups in total. The molecule has 1 aromatic rings. The van der Waals surface area contributed by atoms with Gasteiger partial charge in [0.25, 0.3) is 0 Å². The summed E-state index contributed by atoms with van der Waals surface area (Å²) in [7, 11) is 3.07. The van der Waals surface area contributed by atoms with E-state index in [9.17, 15) is 4.79 Å². The number of rotatable bonds is 15. The second kappa shape index (κ2) is 14.4. The molecule has 0 unspecified atom stereocenters. The monoisotopic (exact) mass is 366 g/mol. The zero-order valence-corrected chi connectivity index (χ0v) is 16.6. The van der Waals surface area contributed by atoms with Crippen molar-refractivity contribution in [2.75, 3.05) is 20.8 Å². The first-order valence-corrected chi connectivity index (χ1v) is 9.78. The average Bonchev–Trinajstić information content (AvgIpc) is 2.68. The molecule has 0 fully saturated rings. The van der Waals surface area contributed by atoms with Gasteiger partial charge in [0.1, 0.15) is 0 Å². The Morgan fingerprint density at radius 1 is 0.808 bits per heavy atom. The lowest BCUT2D eigenvalue weighted by atomic mass is 10.1. The van der Waals surface area contributed by atoms with Crippen LogP contribution in [0.3, 0.4) is 0 Å². The minimum absolute atomic E-state index is 0.366. The molecule has 148 valence electrons. The number of ether oxygens (including phenoxy) is 2. The van der Waals surface area contributed by atoms with Gasteiger partial charge in [0.15, 0.2) is 11.5 Å². The van der Waals surface area contributed by atoms with E-state index in [1.165, 1.54) is 58.5 Å². The minimum atomic E-state index is -0.530. The van der Waals surface area contributed by atoms with Gasteiger partial charge >= 0.3 is 5.97 Å². The van der Waals surface area contributed by atoms with Crippen LogP contribution in [-0.2, 0) is 9.78 Å². The standard InChI is InChI=1S/C21H34O5/c1-4-5-6-7-8-9-10-11-12-13-16-25-26-21(22)18-14-15-19(23-2)20(17-18)24-3/h14-15,17H,4-13,16H2,1-3H3. The Kier molecular flexibility index (Phi) is 12.4. The quantitative estimate of drug-likeness (QED) is 0.226. The van der Waals surface area contributed by atoms with Gasteiger partial charge in [0, 0.05) is 0 Å². The van der Waals surface area contributed by atoms with Crippen molar-refractivity contribution in [1.29, 1.82) is 0 Å². The molecule has 0 atom stereocenters. The zero-order valence-electron chi connectivity index (χ0n) is 16.6. The molecule has 26 heavy (non-hydrogen) atoms. The van der Waals surface area contributed by atoms with Crippen LogP contribution in [0.2, 0.25) is 0 Å². The van der Waals surface area contributed by atoms with Crippen molar-refractivity contribution in [3.8, 4) is 11.5 Å². The van der Waals surface area contributed by atoms with Crippen molar-refractivity contribution in [1.82, 2.24) is 0 Å². The summed E-state index contributed by atoms with van der Waals surface area (Å²) in [5.74, 6) is 0.519. The number of carbonyl (C=O) groups excluding carboxylic acids is 1. The van der Waals surface area contributed by atoms with Crippen LogP contribution in [0.25, 0.3) is 0 Å². The molecule has 5 nitrogen and oxygen atoms in total. The molecule has 0 aliphatic heterocycles. The van der Waals surface area contributed by atoms with Crippen molar-refractivity contribution in [2.24, 2.45) is 0 Å². The second-order valence-electron chi connectivity index (χ2n) is 6.44. The second-order valence-corrected chi connectivity index (χ2v) is 6.44. The number of hydrogen-bond donors (Lipinski definition) is 0. The smallest absolute Gasteiger partial charge is 0.373 e. The van der Waals surface area contributed by atoms with Crippen molar-refractivity contribution < 1.29 is 24.0 Å². The minimum Gasteiger partial charge on any atom is -0.493 e. The van der Waals surface area contributed by atoms with E-state index in [0.29, 0.717) is 23.7 Å². The van der Waals surface area contributed by atoms with Crippen LogP contribution < -0.4 is 9.47 Å². The van der Waals surface area contributed by atoms with Crippen LogP contribution in [0.15, 0.2) is 18.2 Å². The van der Waals surface area contributed by atoms with Crippen molar-refractivity contribution >= 4 is 5.97 Å². The Balaban J connectivity index is 2.06. The predicted molar refractivity (Wildman–Crippen MR) is 103 cm³/mol. The summed E-state index contributed by atoms with van der Waals surface area (Å²) in [4.78, 5) is 21.8. The maximum Gasteiger partial charge on any atom is 0.373 e. The van der Waals surface area contributed by atoms with E-state index in [1.54, 1.807) is 25.3 Å². The lowest BCUT2D eigenvalue weighted by Crippen LogP contribution is -2.07. The van der Waals surface area contributed by atoms with E-state index >= 15 is 0 Å². The van der Waals surface area contributed by atoms with Crippen molar-refractivity contribution in [3.63, 3.8) is 0 Å². The molecular weight excluding hydrogens is 332 g/mol. The third-order valence-corrected chi connectivity index (χ3v) is 4.34. The summed E-state index contributed by atoms with van der Waals surface area (Å²) in [5, 5.41) is 0. The number of carbonyl (C=O) groups is 1. The first-order valence-electron chi connectivity index (χ1n) is 9.78. The van der Waals surface area contributed by atoms with Gasteiger partial charge in [-0.05, 0) is 24.6 Å². The van der Waals surface area contributed by atoms with Gasteiger partial charge in [-0.15, -0.1) is 0 Å². The lowest BCUT2D eigenvalue weighted by Gasteiger charge is -2.09. The Hall–Kier alpha value is -1.75. The Morgan fingerprint density at radius 2 is 1.38 bits per heavy atom. The molecule has 0 saturated carbocycles. The highest BCUT2D eigenvalue weighted by molar-refractivity contribution is 5.89. The van der Waals surface area contributed by atoms with E-state index in [1.807, 2.05) is 0 Å². The molecule has 0 bridgehead atoms. The van der Waals surface area contributed by atoms with E-state index in [4.69, 9.17) is 19.2 Å². The van der Waals surface area contributed by atoms with Gasteiger partial charge in [-0.3, -0.25) is 4.89 Å². The zero-order chi connectivity index (χ0) is 19.0. The number of methoxy groups -OCH3 is 2. The molecule has 5 heteroatoms. The number of benzene rings is 1. The Labute approximate surface area is 157 Å². The highest BCUT2D eigenvalue weighted by Crippen LogP contribution is 2.27. The fourth-order valence-corrected chi connectivity index (χ4v) is 2.75. The van der Waals surface area contributed by atoms with Gasteiger partial charge in [0.05, 0.1) is 26.4 Å². The van der Waals surface area contributed by atoms with Crippen LogP contribution >= 0.6 is 0 Å². The number of hydrogen-bond acceptors (Lipinski definition) is 5. The average molecular weight is 366 g/mol. The van der Waals surface area contributed by atoms with Crippen molar-refractivity contribution in [2.45, 2.75) is 71.1 Å². The summed E-state index contributed by atoms with van der Waals surface area (Å²) < 4.78 is 10.3. The first-order chi connectivity index (χ1) is 12.7. The molecule has 0 amide bonds. The highest BCUT2D eigenvalue weighted by Gasteiger charge is 2.12. The van der Waals surface area contributed by atoms with Crippen molar-refractivity contribution in [3.05, 3.63) is 23.8 Å². The first kappa shape index (κ1) is 22.3. The number of unbranched alkanes of at least 4 members (excludes halogenated alkanes) is 9. The predicted octanol–water partition coefficient (Wildman–Crippen LogP) is 5.71. The van der Waals surface area contributed by atoms with Crippen LogP contribution in [-0.4, -0.2) is 26.8 Å². The fourth-order valence-electron chi connectivity index (χ4n) is 2.75. The summed E-state index contributed by atoms with van der Waals surface area (Å²) in [6.07, 6.45) is 12.5. The van der Waals surface area contributed by atoms with E-state index < -0.39 is 5.97 Å². The molecule has 0 spiro atoms. The van der Waals surface area contributed by atoms with Crippen LogP contribution in [0.1, 0.15) is 81.5 Å². The normalized spacial score (nSPS) is 10.6. The molecule has 0 saturated heterocycles. The topological polar surface area (TPSA) is 54.0 Å². The third kappa shape index (κ3) is 9.09. The third-order valence-electron chi connectivity index (χ3n) is 4.34. The molecule has 0 aromatic heterocycles. The molecule has 0 radical (unpaired) electrons. The SMILES string of the molecule is CCCCCCCCCCCCOOC(=O)c1ccc(OC)c(OC)c1. The highest BCUT2D eigenvalue weighted by atomic mass is 17.2. The van der Waals surface area contributed by atoms with Gasteiger partial charge in [0.2, 0.25) is 0 Å². The maximum atomic E-state index is 12.0. The molecule has 0 aliphatic carbocycles. The van der Waals surface area contributed by atoms with Crippen LogP contribution in [0, 0.1) is 0 Å². The summed E-state index contributed by atoms with van der Waals surface area (Å²) in [6.45, 7) is 2.67. The van der Waals surface area contributed by atoms with Crippen LogP contribution in [0.4, 0.5) is 0 Å². The van der Waals surface area contributed by atoms with Crippen LogP contribution in [0.5, 0.6) is 11.5 Å². The Morgan fingerprint density at radius 3 is 1.96 bits per heavy atom. The van der Waals surface area contributed by atoms with Gasteiger partial charge in [-0.2, -0.15) is 4.89 Å². The largest absolute Gasteiger partial charge is 0.493 e. The molecule has 1 rings (SSSR count). The van der Waals surface area contributed by atoms with Gasteiger partial charge in [-0.25, -0.2) is 4.79 Å². The Bertz CT molecular complexity index is 501. The molecule has 1 aromatic carbocycles. The maximum absolute atomic E-state index is 12.0. The summed E-state index contributed by atoms with van der Waals surface area (Å²) in [6, 6.07) is 4.86.